The Labute approximate surface area is 137 Å². The third kappa shape index (κ3) is 2.44. The summed E-state index contributed by atoms with van der Waals surface area (Å²) in [7, 11) is 0. The number of likely N-dealkylation sites (tertiary alicyclic amines) is 1. The molecule has 1 aliphatic rings. The Morgan fingerprint density at radius 1 is 1.21 bits per heavy atom. The lowest BCUT2D eigenvalue weighted by atomic mass is 10.1. The van der Waals surface area contributed by atoms with Gasteiger partial charge in [-0.1, -0.05) is 12.1 Å². The first-order valence-corrected chi connectivity index (χ1v) is 7.84. The van der Waals surface area contributed by atoms with Crippen LogP contribution >= 0.6 is 0 Å². The van der Waals surface area contributed by atoms with Gasteiger partial charge in [-0.15, -0.1) is 0 Å². The molecule has 1 saturated heterocycles. The van der Waals surface area contributed by atoms with Crippen LogP contribution < -0.4 is 0 Å². The molecule has 2 aromatic carbocycles. The molecule has 3 aromatic rings. The first-order chi connectivity index (χ1) is 11.6. The number of H-pyrrole nitrogens is 1. The van der Waals surface area contributed by atoms with Gasteiger partial charge in [0.2, 0.25) is 0 Å². The van der Waals surface area contributed by atoms with Gasteiger partial charge in [-0.2, -0.15) is 0 Å². The summed E-state index contributed by atoms with van der Waals surface area (Å²) in [6, 6.07) is 10.4. The molecule has 1 N–H and O–H groups in total. The van der Waals surface area contributed by atoms with Crippen LogP contribution in [0, 0.1) is 11.6 Å². The topological polar surface area (TPSA) is 49.0 Å². The largest absolute Gasteiger partial charge is 0.340 e. The molecule has 0 aliphatic carbocycles. The van der Waals surface area contributed by atoms with Crippen molar-refractivity contribution in [2.45, 2.75) is 18.9 Å². The Morgan fingerprint density at radius 2 is 2.04 bits per heavy atom. The quantitative estimate of drug-likeness (QED) is 0.778. The van der Waals surface area contributed by atoms with Crippen LogP contribution in [0.3, 0.4) is 0 Å². The van der Waals surface area contributed by atoms with Crippen molar-refractivity contribution >= 4 is 16.9 Å². The second-order valence-corrected chi connectivity index (χ2v) is 5.92. The number of amides is 1. The van der Waals surface area contributed by atoms with Gasteiger partial charge in [0, 0.05) is 12.6 Å². The van der Waals surface area contributed by atoms with E-state index >= 15 is 0 Å². The number of nitrogens with one attached hydrogen (secondary N) is 1. The van der Waals surface area contributed by atoms with Crippen LogP contribution in [0.25, 0.3) is 11.0 Å². The lowest BCUT2D eigenvalue weighted by Crippen LogP contribution is -2.31. The number of halogens is 2. The lowest BCUT2D eigenvalue weighted by Gasteiger charge is -2.23. The van der Waals surface area contributed by atoms with Gasteiger partial charge in [-0.05, 0) is 37.1 Å². The fourth-order valence-corrected chi connectivity index (χ4v) is 3.24. The van der Waals surface area contributed by atoms with Gasteiger partial charge in [0.05, 0.1) is 22.6 Å². The Kier molecular flexibility index (Phi) is 3.52. The highest BCUT2D eigenvalue weighted by atomic mass is 19.1. The van der Waals surface area contributed by atoms with E-state index in [0.717, 1.165) is 36.0 Å². The van der Waals surface area contributed by atoms with Crippen molar-refractivity contribution in [1.29, 1.82) is 0 Å². The number of aromatic amines is 1. The average Bonchev–Trinajstić information content (AvgIpc) is 3.20. The first-order valence-electron chi connectivity index (χ1n) is 7.84. The minimum Gasteiger partial charge on any atom is -0.340 e. The SMILES string of the molecule is O=C(c1ccc(F)cc1F)N1CCC[C@H]1c1nc2ccccc2[nH]1. The molecule has 2 heterocycles. The number of hydrogen-bond donors (Lipinski definition) is 1. The van der Waals surface area contributed by atoms with E-state index in [2.05, 4.69) is 9.97 Å². The number of benzene rings is 2. The number of carbonyl (C=O) groups excluding carboxylic acids is 1. The summed E-state index contributed by atoms with van der Waals surface area (Å²) < 4.78 is 27.0. The molecular formula is C18H15F2N3O. The van der Waals surface area contributed by atoms with Gasteiger partial charge in [-0.3, -0.25) is 4.79 Å². The summed E-state index contributed by atoms with van der Waals surface area (Å²) >= 11 is 0. The molecular weight excluding hydrogens is 312 g/mol. The second-order valence-electron chi connectivity index (χ2n) is 5.92. The third-order valence-corrected chi connectivity index (χ3v) is 4.40. The molecule has 4 rings (SSSR count). The van der Waals surface area contributed by atoms with E-state index in [4.69, 9.17) is 0 Å². The number of fused-ring (bicyclic) bond motifs is 1. The van der Waals surface area contributed by atoms with E-state index in [9.17, 15) is 13.6 Å². The Hall–Kier alpha value is -2.76. The van der Waals surface area contributed by atoms with Gasteiger partial charge in [-0.25, -0.2) is 13.8 Å². The molecule has 0 unspecified atom stereocenters. The molecule has 1 amide bonds. The minimum absolute atomic E-state index is 0.112. The Bertz CT molecular complexity index is 889. The number of para-hydroxylation sites is 2. The molecule has 0 radical (unpaired) electrons. The van der Waals surface area contributed by atoms with Crippen LogP contribution in [0.4, 0.5) is 8.78 Å². The molecule has 0 bridgehead atoms. The molecule has 6 heteroatoms. The number of aromatic nitrogens is 2. The van der Waals surface area contributed by atoms with Crippen molar-refractivity contribution < 1.29 is 13.6 Å². The average molecular weight is 327 g/mol. The maximum atomic E-state index is 13.9. The van der Waals surface area contributed by atoms with Crippen molar-refractivity contribution in [2.24, 2.45) is 0 Å². The van der Waals surface area contributed by atoms with Crippen LogP contribution in [-0.4, -0.2) is 27.3 Å². The fraction of sp³-hybridized carbons (Fsp3) is 0.222. The van der Waals surface area contributed by atoms with Crippen LogP contribution in [0.2, 0.25) is 0 Å². The van der Waals surface area contributed by atoms with E-state index in [1.165, 1.54) is 6.07 Å². The smallest absolute Gasteiger partial charge is 0.257 e. The monoisotopic (exact) mass is 327 g/mol. The molecule has 1 aromatic heterocycles. The van der Waals surface area contributed by atoms with E-state index in [0.29, 0.717) is 12.4 Å². The zero-order valence-electron chi connectivity index (χ0n) is 12.8. The zero-order chi connectivity index (χ0) is 16.7. The Balaban J connectivity index is 1.68. The van der Waals surface area contributed by atoms with Crippen molar-refractivity contribution in [3.05, 3.63) is 65.5 Å². The van der Waals surface area contributed by atoms with E-state index < -0.39 is 17.5 Å². The molecule has 1 fully saturated rings. The molecule has 1 atom stereocenters. The van der Waals surface area contributed by atoms with E-state index in [1.54, 1.807) is 4.90 Å². The van der Waals surface area contributed by atoms with Crippen molar-refractivity contribution in [3.8, 4) is 0 Å². The van der Waals surface area contributed by atoms with Crippen LogP contribution in [0.15, 0.2) is 42.5 Å². The fourth-order valence-electron chi connectivity index (χ4n) is 3.24. The normalized spacial score (nSPS) is 17.6. The summed E-state index contributed by atoms with van der Waals surface area (Å²) in [5.41, 5.74) is 1.62. The first kappa shape index (κ1) is 14.8. The molecule has 0 saturated carbocycles. The van der Waals surface area contributed by atoms with Crippen LogP contribution in [-0.2, 0) is 0 Å². The van der Waals surface area contributed by atoms with Gasteiger partial charge < -0.3 is 9.88 Å². The molecule has 1 aliphatic heterocycles. The zero-order valence-corrected chi connectivity index (χ0v) is 12.8. The van der Waals surface area contributed by atoms with Gasteiger partial charge >= 0.3 is 0 Å². The predicted molar refractivity (Wildman–Crippen MR) is 85.5 cm³/mol. The maximum absolute atomic E-state index is 13.9. The molecule has 4 nitrogen and oxygen atoms in total. The van der Waals surface area contributed by atoms with Crippen LogP contribution in [0.5, 0.6) is 0 Å². The maximum Gasteiger partial charge on any atom is 0.257 e. The van der Waals surface area contributed by atoms with Crippen molar-refractivity contribution in [3.63, 3.8) is 0 Å². The summed E-state index contributed by atoms with van der Waals surface area (Å²) in [5.74, 6) is -1.27. The highest BCUT2D eigenvalue weighted by Crippen LogP contribution is 2.33. The molecule has 0 spiro atoms. The number of rotatable bonds is 2. The molecule has 122 valence electrons. The minimum atomic E-state index is -0.838. The third-order valence-electron chi connectivity index (χ3n) is 4.40. The summed E-state index contributed by atoms with van der Waals surface area (Å²) in [6.45, 7) is 0.525. The van der Waals surface area contributed by atoms with Gasteiger partial charge in [0.15, 0.2) is 0 Å². The number of carbonyl (C=O) groups is 1. The summed E-state index contributed by atoms with van der Waals surface area (Å²) in [4.78, 5) is 22.1. The Morgan fingerprint density at radius 3 is 2.83 bits per heavy atom. The standard InChI is InChI=1S/C18H15F2N3O/c19-11-7-8-12(13(20)10-11)18(24)23-9-3-6-16(23)17-21-14-4-1-2-5-15(14)22-17/h1-2,4-5,7-8,10,16H,3,6,9H2,(H,21,22)/t16-/m0/s1. The summed E-state index contributed by atoms with van der Waals surface area (Å²) in [5, 5.41) is 0. The van der Waals surface area contributed by atoms with Gasteiger partial charge in [0.1, 0.15) is 17.5 Å². The predicted octanol–water partition coefficient (Wildman–Crippen LogP) is 3.82. The molecule has 24 heavy (non-hydrogen) atoms. The van der Waals surface area contributed by atoms with E-state index in [1.807, 2.05) is 24.3 Å². The highest BCUT2D eigenvalue weighted by Gasteiger charge is 2.33. The van der Waals surface area contributed by atoms with Crippen molar-refractivity contribution in [1.82, 2.24) is 14.9 Å². The second kappa shape index (κ2) is 5.70. The summed E-state index contributed by atoms with van der Waals surface area (Å²) in [6.07, 6.45) is 1.57. The lowest BCUT2D eigenvalue weighted by molar-refractivity contribution is 0.0725. The number of imidazole rings is 1. The van der Waals surface area contributed by atoms with Crippen LogP contribution in [0.1, 0.15) is 35.1 Å². The number of nitrogens with zero attached hydrogens (tertiary/aromatic N) is 2. The van der Waals surface area contributed by atoms with E-state index in [-0.39, 0.29) is 11.6 Å². The van der Waals surface area contributed by atoms with Crippen molar-refractivity contribution in [2.75, 3.05) is 6.54 Å². The number of hydrogen-bond acceptors (Lipinski definition) is 2. The van der Waals surface area contributed by atoms with Gasteiger partial charge in [0.25, 0.3) is 5.91 Å². The highest BCUT2D eigenvalue weighted by molar-refractivity contribution is 5.95.